The van der Waals surface area contributed by atoms with Gasteiger partial charge in [-0.05, 0) is 35.4 Å². The summed E-state index contributed by atoms with van der Waals surface area (Å²) in [4.78, 5) is 0. The van der Waals surface area contributed by atoms with Crippen molar-refractivity contribution in [2.24, 2.45) is 0 Å². The first-order valence-electron chi connectivity index (χ1n) is 4.79. The third-order valence-electron chi connectivity index (χ3n) is 2.81. The van der Waals surface area contributed by atoms with Gasteiger partial charge in [-0.15, -0.1) is 0 Å². The molecule has 0 aromatic carbocycles. The Hall–Kier alpha value is 0.610. The fourth-order valence-electron chi connectivity index (χ4n) is 2.12. The second-order valence-electron chi connectivity index (χ2n) is 3.61. The largest absolute Gasteiger partial charge is 0.379 e. The fourth-order valence-corrected chi connectivity index (χ4v) is 2.84. The number of halogens is 1. The molecule has 0 aromatic heterocycles. The molecule has 1 saturated carbocycles. The Morgan fingerprint density at radius 2 is 2.00 bits per heavy atom. The van der Waals surface area contributed by atoms with Gasteiger partial charge < -0.3 is 14.2 Å². The maximum Gasteiger partial charge on any atom is 0.211 e. The summed E-state index contributed by atoms with van der Waals surface area (Å²) in [5.41, 5.74) is 0. The molecule has 2 aliphatic rings. The Labute approximate surface area is 92.2 Å². The van der Waals surface area contributed by atoms with E-state index in [2.05, 4.69) is 22.6 Å². The van der Waals surface area contributed by atoms with E-state index in [1.165, 1.54) is 12.8 Å². The van der Waals surface area contributed by atoms with Gasteiger partial charge >= 0.3 is 0 Å². The summed E-state index contributed by atoms with van der Waals surface area (Å²) in [6.45, 7) is 0. The minimum absolute atomic E-state index is 0.0802. The summed E-state index contributed by atoms with van der Waals surface area (Å²) in [5.74, 6) is 0. The summed E-state index contributed by atoms with van der Waals surface area (Å²) in [6, 6.07) is 0. The molecule has 0 N–H and O–H groups in total. The Kier molecular flexibility index (Phi) is 3.45. The number of methoxy groups -OCH3 is 1. The molecule has 4 heteroatoms. The van der Waals surface area contributed by atoms with Gasteiger partial charge in [-0.25, -0.2) is 0 Å². The van der Waals surface area contributed by atoms with Crippen molar-refractivity contribution >= 4 is 22.6 Å². The van der Waals surface area contributed by atoms with Crippen LogP contribution in [0.5, 0.6) is 0 Å². The molecule has 1 saturated heterocycles. The van der Waals surface area contributed by atoms with Gasteiger partial charge in [-0.2, -0.15) is 0 Å². The van der Waals surface area contributed by atoms with E-state index < -0.39 is 0 Å². The van der Waals surface area contributed by atoms with Crippen LogP contribution in [0.1, 0.15) is 25.7 Å². The third-order valence-corrected chi connectivity index (χ3v) is 3.40. The summed E-state index contributed by atoms with van der Waals surface area (Å²) >= 11 is 2.18. The van der Waals surface area contributed by atoms with Crippen molar-refractivity contribution in [3.8, 4) is 0 Å². The number of hydrogen-bond acceptors (Lipinski definition) is 3. The lowest BCUT2D eigenvalue weighted by atomic mass is 10.1. The molecule has 2 fully saturated rings. The van der Waals surface area contributed by atoms with Crippen molar-refractivity contribution in [3.05, 3.63) is 0 Å². The Morgan fingerprint density at radius 1 is 1.23 bits per heavy atom. The monoisotopic (exact) mass is 298 g/mol. The van der Waals surface area contributed by atoms with Gasteiger partial charge in [-0.3, -0.25) is 0 Å². The lowest BCUT2D eigenvalue weighted by molar-refractivity contribution is -0.0407. The number of rotatable bonds is 1. The van der Waals surface area contributed by atoms with Gasteiger partial charge in [0.05, 0.1) is 12.2 Å². The lowest BCUT2D eigenvalue weighted by Gasteiger charge is -2.21. The van der Waals surface area contributed by atoms with E-state index >= 15 is 0 Å². The molecular formula is C9H15IO3. The topological polar surface area (TPSA) is 27.7 Å². The Balaban J connectivity index is 2.04. The SMILES string of the molecule is COC1CCCCC2OC(I)OC12. The van der Waals surface area contributed by atoms with Crippen molar-refractivity contribution in [2.45, 2.75) is 48.3 Å². The zero-order chi connectivity index (χ0) is 9.26. The van der Waals surface area contributed by atoms with Crippen LogP contribution in [0.2, 0.25) is 0 Å². The molecular weight excluding hydrogens is 283 g/mol. The normalized spacial score (nSPS) is 45.7. The standard InChI is InChI=1S/C9H15IO3/c1-11-6-4-2-3-5-7-8(6)13-9(10)12-7/h6-9H,2-5H2,1H3. The molecule has 0 spiro atoms. The molecule has 3 nitrogen and oxygen atoms in total. The highest BCUT2D eigenvalue weighted by atomic mass is 127. The number of fused-ring (bicyclic) bond motifs is 1. The maximum atomic E-state index is 5.69. The molecule has 76 valence electrons. The van der Waals surface area contributed by atoms with E-state index in [1.54, 1.807) is 7.11 Å². The predicted molar refractivity (Wildman–Crippen MR) is 56.8 cm³/mol. The minimum atomic E-state index is -0.0802. The summed E-state index contributed by atoms with van der Waals surface area (Å²) in [7, 11) is 1.76. The van der Waals surface area contributed by atoms with E-state index in [9.17, 15) is 0 Å². The molecule has 0 aromatic rings. The second kappa shape index (κ2) is 4.42. The van der Waals surface area contributed by atoms with Gasteiger partial charge in [0.25, 0.3) is 0 Å². The molecule has 13 heavy (non-hydrogen) atoms. The average Bonchev–Trinajstić information content (AvgIpc) is 2.37. The summed E-state index contributed by atoms with van der Waals surface area (Å²) in [6.07, 6.45) is 5.32. The lowest BCUT2D eigenvalue weighted by Crippen LogP contribution is -2.34. The number of ether oxygens (including phenoxy) is 3. The van der Waals surface area contributed by atoms with Crippen LogP contribution in [0.25, 0.3) is 0 Å². The predicted octanol–water partition coefficient (Wildman–Crippen LogP) is 2.08. The molecule has 1 aliphatic heterocycles. The minimum Gasteiger partial charge on any atom is -0.379 e. The van der Waals surface area contributed by atoms with Gasteiger partial charge in [0.2, 0.25) is 4.30 Å². The van der Waals surface area contributed by atoms with Crippen LogP contribution in [0.4, 0.5) is 0 Å². The van der Waals surface area contributed by atoms with E-state index in [1.807, 2.05) is 0 Å². The number of alkyl halides is 1. The zero-order valence-corrected chi connectivity index (χ0v) is 9.90. The highest BCUT2D eigenvalue weighted by Crippen LogP contribution is 2.33. The first-order valence-corrected chi connectivity index (χ1v) is 6.03. The zero-order valence-electron chi connectivity index (χ0n) is 7.74. The molecule has 4 unspecified atom stereocenters. The van der Waals surface area contributed by atoms with Crippen molar-refractivity contribution in [1.82, 2.24) is 0 Å². The van der Waals surface area contributed by atoms with Gasteiger partial charge in [-0.1, -0.05) is 12.8 Å². The van der Waals surface area contributed by atoms with Crippen LogP contribution < -0.4 is 0 Å². The Morgan fingerprint density at radius 3 is 2.77 bits per heavy atom. The maximum absolute atomic E-state index is 5.69. The highest BCUT2D eigenvalue weighted by molar-refractivity contribution is 14.1. The van der Waals surface area contributed by atoms with Crippen LogP contribution in [0.15, 0.2) is 0 Å². The molecule has 1 heterocycles. The molecule has 1 aliphatic carbocycles. The van der Waals surface area contributed by atoms with Crippen LogP contribution in [-0.4, -0.2) is 29.7 Å². The van der Waals surface area contributed by atoms with E-state index in [0.29, 0.717) is 0 Å². The average molecular weight is 298 g/mol. The van der Waals surface area contributed by atoms with E-state index in [0.717, 1.165) is 12.8 Å². The summed E-state index contributed by atoms with van der Waals surface area (Å²) in [5, 5.41) is 0. The number of hydrogen-bond donors (Lipinski definition) is 0. The Bertz CT molecular complexity index is 172. The summed E-state index contributed by atoms with van der Waals surface area (Å²) < 4.78 is 16.7. The quantitative estimate of drug-likeness (QED) is 0.548. The van der Waals surface area contributed by atoms with Gasteiger partial charge in [0.1, 0.15) is 6.10 Å². The molecule has 0 bridgehead atoms. The van der Waals surface area contributed by atoms with Crippen molar-refractivity contribution in [2.75, 3.05) is 7.11 Å². The molecule has 0 amide bonds. The van der Waals surface area contributed by atoms with E-state index in [-0.39, 0.29) is 22.6 Å². The van der Waals surface area contributed by atoms with Crippen molar-refractivity contribution < 1.29 is 14.2 Å². The van der Waals surface area contributed by atoms with Crippen molar-refractivity contribution in [1.29, 1.82) is 0 Å². The van der Waals surface area contributed by atoms with E-state index in [4.69, 9.17) is 14.2 Å². The third kappa shape index (κ3) is 2.16. The molecule has 2 rings (SSSR count). The van der Waals surface area contributed by atoms with Crippen LogP contribution in [0, 0.1) is 0 Å². The van der Waals surface area contributed by atoms with Crippen LogP contribution >= 0.6 is 22.6 Å². The first-order chi connectivity index (χ1) is 6.31. The highest BCUT2D eigenvalue weighted by Gasteiger charge is 2.41. The first kappa shape index (κ1) is 10.1. The smallest absolute Gasteiger partial charge is 0.211 e. The van der Waals surface area contributed by atoms with Gasteiger partial charge in [0.15, 0.2) is 0 Å². The fraction of sp³-hybridized carbons (Fsp3) is 1.00. The molecule has 4 atom stereocenters. The second-order valence-corrected chi connectivity index (χ2v) is 4.63. The van der Waals surface area contributed by atoms with Gasteiger partial charge in [0, 0.05) is 7.11 Å². The van der Waals surface area contributed by atoms with Crippen molar-refractivity contribution in [3.63, 3.8) is 0 Å². The van der Waals surface area contributed by atoms with Crippen LogP contribution in [-0.2, 0) is 14.2 Å². The van der Waals surface area contributed by atoms with Crippen LogP contribution in [0.3, 0.4) is 0 Å². The molecule has 0 radical (unpaired) electrons.